The number of aromatic nitrogens is 2. The van der Waals surface area contributed by atoms with Crippen molar-refractivity contribution in [2.24, 2.45) is 0 Å². The maximum atomic E-state index is 11.7. The van der Waals surface area contributed by atoms with Crippen molar-refractivity contribution in [1.82, 2.24) is 15.3 Å². The van der Waals surface area contributed by atoms with Gasteiger partial charge in [-0.3, -0.25) is 4.79 Å². The summed E-state index contributed by atoms with van der Waals surface area (Å²) in [4.78, 5) is 23.0. The molecule has 1 amide bonds. The van der Waals surface area contributed by atoms with Crippen molar-refractivity contribution in [1.29, 1.82) is 0 Å². The molecule has 0 unspecified atom stereocenters. The first kappa shape index (κ1) is 14.6. The molecule has 20 heavy (non-hydrogen) atoms. The molecule has 0 atom stereocenters. The molecule has 1 aromatic rings. The lowest BCUT2D eigenvalue weighted by molar-refractivity contribution is -0.119. The molecular weight excluding hydrogens is 254 g/mol. The Balaban J connectivity index is 2.42. The second kappa shape index (κ2) is 6.07. The average molecular weight is 277 g/mol. The molecular formula is C14H23N5O. The van der Waals surface area contributed by atoms with Crippen LogP contribution in [0, 0.1) is 6.92 Å². The topological polar surface area (TPSA) is 70.2 Å². The lowest BCUT2D eigenvalue weighted by Crippen LogP contribution is -2.34. The van der Waals surface area contributed by atoms with Crippen LogP contribution in [0.4, 0.5) is 11.6 Å². The number of nitrogens with zero attached hydrogens (tertiary/aromatic N) is 3. The van der Waals surface area contributed by atoms with Crippen molar-refractivity contribution in [2.45, 2.75) is 33.1 Å². The van der Waals surface area contributed by atoms with Gasteiger partial charge in [0.15, 0.2) is 0 Å². The molecule has 1 aromatic heterocycles. The molecule has 0 saturated carbocycles. The van der Waals surface area contributed by atoms with Crippen LogP contribution < -0.4 is 15.5 Å². The van der Waals surface area contributed by atoms with Gasteiger partial charge < -0.3 is 15.5 Å². The zero-order valence-electron chi connectivity index (χ0n) is 12.7. The van der Waals surface area contributed by atoms with Gasteiger partial charge in [0.1, 0.15) is 17.5 Å². The predicted molar refractivity (Wildman–Crippen MR) is 80.2 cm³/mol. The summed E-state index contributed by atoms with van der Waals surface area (Å²) in [5, 5.41) is 6.01. The third-order valence-electron chi connectivity index (χ3n) is 3.45. The Labute approximate surface area is 120 Å². The molecule has 6 heteroatoms. The first-order valence-corrected chi connectivity index (χ1v) is 7.11. The van der Waals surface area contributed by atoms with Crippen LogP contribution in [0.3, 0.4) is 0 Å². The molecule has 1 saturated heterocycles. The van der Waals surface area contributed by atoms with Crippen molar-refractivity contribution in [2.75, 3.05) is 36.9 Å². The van der Waals surface area contributed by atoms with E-state index in [0.717, 1.165) is 42.5 Å². The van der Waals surface area contributed by atoms with E-state index in [9.17, 15) is 4.79 Å². The Bertz CT molecular complexity index is 501. The van der Waals surface area contributed by atoms with Crippen LogP contribution in [0.1, 0.15) is 37.6 Å². The molecule has 2 rings (SSSR count). The summed E-state index contributed by atoms with van der Waals surface area (Å²) in [6.07, 6.45) is 0.932. The van der Waals surface area contributed by atoms with Crippen molar-refractivity contribution >= 4 is 17.5 Å². The highest BCUT2D eigenvalue weighted by Gasteiger charge is 2.21. The predicted octanol–water partition coefficient (Wildman–Crippen LogP) is 1.28. The molecule has 0 spiro atoms. The molecule has 1 fully saturated rings. The van der Waals surface area contributed by atoms with Gasteiger partial charge in [-0.2, -0.15) is 0 Å². The highest BCUT2D eigenvalue weighted by Crippen LogP contribution is 2.26. The fourth-order valence-corrected chi connectivity index (χ4v) is 2.32. The molecule has 2 N–H and O–H groups in total. The van der Waals surface area contributed by atoms with Crippen molar-refractivity contribution in [3.8, 4) is 0 Å². The molecule has 0 bridgehead atoms. The van der Waals surface area contributed by atoms with Crippen molar-refractivity contribution < 1.29 is 4.79 Å². The maximum Gasteiger partial charge on any atom is 0.239 e. The normalized spacial score (nSPS) is 16.1. The number of anilines is 2. The largest absolute Gasteiger partial charge is 0.373 e. The van der Waals surface area contributed by atoms with Crippen molar-refractivity contribution in [3.05, 3.63) is 11.4 Å². The van der Waals surface area contributed by atoms with Gasteiger partial charge in [0.2, 0.25) is 5.91 Å². The minimum atomic E-state index is 0.0533. The Morgan fingerprint density at radius 1 is 1.35 bits per heavy atom. The van der Waals surface area contributed by atoms with E-state index in [1.807, 2.05) is 18.9 Å². The number of nitrogens with one attached hydrogen (secondary N) is 2. The summed E-state index contributed by atoms with van der Waals surface area (Å²) in [5.41, 5.74) is 0.992. The molecule has 1 aliphatic rings. The number of hydrogen-bond donors (Lipinski definition) is 2. The first-order chi connectivity index (χ1) is 9.52. The lowest BCUT2D eigenvalue weighted by atomic mass is 10.2. The van der Waals surface area contributed by atoms with Gasteiger partial charge in [0.05, 0.1) is 6.54 Å². The zero-order valence-corrected chi connectivity index (χ0v) is 12.7. The van der Waals surface area contributed by atoms with Crippen molar-refractivity contribution in [3.63, 3.8) is 0 Å². The van der Waals surface area contributed by atoms with E-state index in [-0.39, 0.29) is 11.8 Å². The smallest absolute Gasteiger partial charge is 0.239 e. The molecule has 110 valence electrons. The van der Waals surface area contributed by atoms with Crippen LogP contribution in [0.15, 0.2) is 0 Å². The molecule has 0 aliphatic carbocycles. The van der Waals surface area contributed by atoms with Gasteiger partial charge in [-0.25, -0.2) is 9.97 Å². The minimum absolute atomic E-state index is 0.0533. The van der Waals surface area contributed by atoms with E-state index in [1.54, 1.807) is 0 Å². The second-order valence-electron chi connectivity index (χ2n) is 5.41. The van der Waals surface area contributed by atoms with E-state index >= 15 is 0 Å². The fraction of sp³-hybridized carbons (Fsp3) is 0.643. The van der Waals surface area contributed by atoms with Gasteiger partial charge in [0, 0.05) is 31.6 Å². The lowest BCUT2D eigenvalue weighted by Gasteiger charge is -2.24. The maximum absolute atomic E-state index is 11.7. The summed E-state index contributed by atoms with van der Waals surface area (Å²) in [6.45, 7) is 8.06. The second-order valence-corrected chi connectivity index (χ2v) is 5.41. The Morgan fingerprint density at radius 2 is 2.10 bits per heavy atom. The highest BCUT2D eigenvalue weighted by molar-refractivity contribution is 5.82. The van der Waals surface area contributed by atoms with Crippen LogP contribution in [0.25, 0.3) is 0 Å². The van der Waals surface area contributed by atoms with Gasteiger partial charge in [-0.1, -0.05) is 13.8 Å². The number of amides is 1. The van der Waals surface area contributed by atoms with Crippen LogP contribution in [-0.4, -0.2) is 42.6 Å². The summed E-state index contributed by atoms with van der Waals surface area (Å²) in [6, 6.07) is 0. The quantitative estimate of drug-likeness (QED) is 0.871. The van der Waals surface area contributed by atoms with E-state index in [0.29, 0.717) is 6.54 Å². The van der Waals surface area contributed by atoms with Crippen LogP contribution >= 0.6 is 0 Å². The Kier molecular flexibility index (Phi) is 4.42. The highest BCUT2D eigenvalue weighted by atomic mass is 16.2. The van der Waals surface area contributed by atoms with Gasteiger partial charge in [-0.05, 0) is 13.3 Å². The van der Waals surface area contributed by atoms with E-state index in [1.165, 1.54) is 0 Å². The van der Waals surface area contributed by atoms with E-state index in [4.69, 9.17) is 0 Å². The monoisotopic (exact) mass is 277 g/mol. The minimum Gasteiger partial charge on any atom is -0.373 e. The summed E-state index contributed by atoms with van der Waals surface area (Å²) in [5.74, 6) is 2.81. The van der Waals surface area contributed by atoms with Crippen LogP contribution in [0.5, 0.6) is 0 Å². The van der Waals surface area contributed by atoms with Gasteiger partial charge in [-0.15, -0.1) is 0 Å². The number of rotatable bonds is 3. The van der Waals surface area contributed by atoms with Gasteiger partial charge in [0.25, 0.3) is 0 Å². The van der Waals surface area contributed by atoms with E-state index in [2.05, 4.69) is 34.4 Å². The summed E-state index contributed by atoms with van der Waals surface area (Å²) < 4.78 is 0. The number of carbonyl (C=O) groups is 1. The molecule has 0 radical (unpaired) electrons. The Morgan fingerprint density at radius 3 is 2.75 bits per heavy atom. The summed E-state index contributed by atoms with van der Waals surface area (Å²) in [7, 11) is 1.86. The first-order valence-electron chi connectivity index (χ1n) is 7.11. The fourth-order valence-electron chi connectivity index (χ4n) is 2.32. The van der Waals surface area contributed by atoms with Crippen LogP contribution in [-0.2, 0) is 4.79 Å². The standard InChI is InChI=1S/C14H23N5O/c1-9(2)12-17-13(15-4)10(3)14(18-12)19-7-5-6-16-11(20)8-19/h9H,5-8H2,1-4H3,(H,16,20)(H,15,17,18). The third-order valence-corrected chi connectivity index (χ3v) is 3.45. The number of carbonyl (C=O) groups excluding carboxylic acids is 1. The van der Waals surface area contributed by atoms with E-state index < -0.39 is 0 Å². The molecule has 2 heterocycles. The number of hydrogen-bond acceptors (Lipinski definition) is 5. The van der Waals surface area contributed by atoms with Gasteiger partial charge >= 0.3 is 0 Å². The molecule has 0 aromatic carbocycles. The molecule has 6 nitrogen and oxygen atoms in total. The zero-order chi connectivity index (χ0) is 14.7. The molecule has 1 aliphatic heterocycles. The SMILES string of the molecule is CNc1nc(C(C)C)nc(N2CCCNC(=O)C2)c1C. The third kappa shape index (κ3) is 3.00. The summed E-state index contributed by atoms with van der Waals surface area (Å²) >= 11 is 0. The Hall–Kier alpha value is -1.85. The van der Waals surface area contributed by atoms with Crippen LogP contribution in [0.2, 0.25) is 0 Å². The average Bonchev–Trinajstić information content (AvgIpc) is 2.63.